The maximum Gasteiger partial charge on any atom is 0.159 e. The molecule has 0 bridgehead atoms. The molecule has 0 aromatic heterocycles. The van der Waals surface area contributed by atoms with E-state index in [-0.39, 0.29) is 6.29 Å². The Labute approximate surface area is 205 Å². The van der Waals surface area contributed by atoms with E-state index in [1.54, 1.807) is 20.3 Å². The summed E-state index contributed by atoms with van der Waals surface area (Å²) in [5.74, 6) is 0.926. The van der Waals surface area contributed by atoms with Gasteiger partial charge in [-0.1, -0.05) is 60.7 Å². The lowest BCUT2D eigenvalue weighted by Gasteiger charge is -2.36. The van der Waals surface area contributed by atoms with Crippen LogP contribution in [0.25, 0.3) is 0 Å². The van der Waals surface area contributed by atoms with Gasteiger partial charge in [0, 0.05) is 38.9 Å². The maximum absolute atomic E-state index is 9.19. The molecule has 3 aromatic rings. The number of hydrogen-bond acceptors (Lipinski definition) is 4. The zero-order valence-electron chi connectivity index (χ0n) is 20.6. The molecule has 0 amide bonds. The minimum absolute atomic E-state index is 0.0482. The molecule has 1 aliphatic heterocycles. The number of methoxy groups -OCH3 is 2. The monoisotopic (exact) mass is 461 g/mol. The Balaban J connectivity index is 0.000000162. The molecule has 1 saturated heterocycles. The molecule has 5 rings (SSSR count). The second-order valence-corrected chi connectivity index (χ2v) is 8.81. The van der Waals surface area contributed by atoms with E-state index < -0.39 is 0 Å². The van der Waals surface area contributed by atoms with E-state index in [0.29, 0.717) is 11.7 Å². The number of phenols is 1. The van der Waals surface area contributed by atoms with Gasteiger partial charge < -0.3 is 19.5 Å². The van der Waals surface area contributed by atoms with Crippen LogP contribution in [0.1, 0.15) is 36.8 Å². The van der Waals surface area contributed by atoms with Crippen LogP contribution in [-0.4, -0.2) is 38.7 Å². The first kappa shape index (κ1) is 25.8. The average Bonchev–Trinajstić information content (AvgIpc) is 2.92. The van der Waals surface area contributed by atoms with Gasteiger partial charge in [-0.15, -0.1) is 0 Å². The molecule has 182 valence electrons. The van der Waals surface area contributed by atoms with Crippen LogP contribution in [0, 0.1) is 5.92 Å². The van der Waals surface area contributed by atoms with Gasteiger partial charge in [-0.25, -0.2) is 0 Å². The number of piperidine rings is 1. The van der Waals surface area contributed by atoms with E-state index in [9.17, 15) is 5.11 Å². The van der Waals surface area contributed by atoms with Crippen LogP contribution < -0.4 is 4.90 Å². The van der Waals surface area contributed by atoms with E-state index in [1.165, 1.54) is 36.1 Å². The van der Waals surface area contributed by atoms with E-state index in [0.717, 1.165) is 32.4 Å². The minimum Gasteiger partial charge on any atom is -0.508 e. The van der Waals surface area contributed by atoms with Gasteiger partial charge in [-0.2, -0.15) is 0 Å². The predicted octanol–water partition coefficient (Wildman–Crippen LogP) is 6.48. The summed E-state index contributed by atoms with van der Waals surface area (Å²) < 4.78 is 10.7. The lowest BCUT2D eigenvalue weighted by Crippen LogP contribution is -2.39. The van der Waals surface area contributed by atoms with Crippen molar-refractivity contribution in [3.63, 3.8) is 0 Å². The van der Waals surface area contributed by atoms with E-state index in [2.05, 4.69) is 35.2 Å². The Morgan fingerprint density at radius 2 is 1.26 bits per heavy atom. The molecule has 2 aliphatic rings. The van der Waals surface area contributed by atoms with Gasteiger partial charge in [0.25, 0.3) is 0 Å². The quantitative estimate of drug-likeness (QED) is 0.452. The zero-order chi connectivity index (χ0) is 24.0. The lowest BCUT2D eigenvalue weighted by molar-refractivity contribution is -0.141. The van der Waals surface area contributed by atoms with Gasteiger partial charge in [-0.05, 0) is 73.9 Å². The number of ether oxygens (including phenoxy) is 2. The predicted molar refractivity (Wildman–Crippen MR) is 140 cm³/mol. The van der Waals surface area contributed by atoms with Gasteiger partial charge in [0.05, 0.1) is 0 Å². The zero-order valence-corrected chi connectivity index (χ0v) is 20.6. The van der Waals surface area contributed by atoms with Crippen molar-refractivity contribution < 1.29 is 14.6 Å². The molecule has 0 saturated carbocycles. The highest BCUT2D eigenvalue weighted by Crippen LogP contribution is 2.26. The third-order valence-corrected chi connectivity index (χ3v) is 6.51. The van der Waals surface area contributed by atoms with Crippen molar-refractivity contribution in [1.82, 2.24) is 0 Å². The van der Waals surface area contributed by atoms with Gasteiger partial charge >= 0.3 is 0 Å². The summed E-state index contributed by atoms with van der Waals surface area (Å²) in [5, 5.41) is 9.19. The smallest absolute Gasteiger partial charge is 0.159 e. The highest BCUT2D eigenvalue weighted by molar-refractivity contribution is 5.46. The average molecular weight is 462 g/mol. The van der Waals surface area contributed by atoms with Gasteiger partial charge in [-0.3, -0.25) is 0 Å². The van der Waals surface area contributed by atoms with Crippen molar-refractivity contribution in [1.29, 1.82) is 0 Å². The number of para-hydroxylation sites is 1. The van der Waals surface area contributed by atoms with Crippen molar-refractivity contribution >= 4 is 5.69 Å². The standard InChI is InChI=1S/C14H21NO2.C10H12O.C6H6/c1-16-14(17-2)12-8-10-15(11-9-12)13-6-4-3-5-7-13;11-10-6-5-8-3-1-2-4-9(8)7-10;1-2-4-6-5-3-1/h3-7,12,14H,8-11H2,1-2H3;5-7,11H,1-4H2;1-6H. The third-order valence-electron chi connectivity index (χ3n) is 6.51. The molecule has 0 unspecified atom stereocenters. The van der Waals surface area contributed by atoms with Crippen LogP contribution in [0.4, 0.5) is 5.69 Å². The largest absolute Gasteiger partial charge is 0.508 e. The number of anilines is 1. The number of aromatic hydroxyl groups is 1. The maximum atomic E-state index is 9.19. The molecule has 0 spiro atoms. The summed E-state index contributed by atoms with van der Waals surface area (Å²) in [6, 6.07) is 28.3. The second-order valence-electron chi connectivity index (χ2n) is 8.81. The van der Waals surface area contributed by atoms with Gasteiger partial charge in [0.15, 0.2) is 6.29 Å². The molecule has 4 heteroatoms. The Bertz CT molecular complexity index is 894. The van der Waals surface area contributed by atoms with Crippen LogP contribution in [0.2, 0.25) is 0 Å². The first-order valence-corrected chi connectivity index (χ1v) is 12.4. The lowest BCUT2D eigenvalue weighted by atomic mass is 9.92. The SMILES string of the molecule is COC(OC)C1CCN(c2ccccc2)CC1.Oc1ccc2c(c1)CCCC2.c1ccccc1. The molecule has 3 aromatic carbocycles. The molecule has 0 radical (unpaired) electrons. The van der Waals surface area contributed by atoms with Crippen molar-refractivity contribution in [3.8, 4) is 5.75 Å². The molecule has 4 nitrogen and oxygen atoms in total. The molecule has 1 N–H and O–H groups in total. The molecule has 1 aliphatic carbocycles. The van der Waals surface area contributed by atoms with E-state index in [1.807, 2.05) is 48.5 Å². The fourth-order valence-electron chi connectivity index (χ4n) is 4.65. The summed E-state index contributed by atoms with van der Waals surface area (Å²) in [5.41, 5.74) is 4.09. The fraction of sp³-hybridized carbons (Fsp3) is 0.400. The van der Waals surface area contributed by atoms with Crippen LogP contribution in [0.3, 0.4) is 0 Å². The third kappa shape index (κ3) is 8.19. The summed E-state index contributed by atoms with van der Waals surface area (Å²) >= 11 is 0. The van der Waals surface area contributed by atoms with Crippen molar-refractivity contribution in [2.24, 2.45) is 5.92 Å². The van der Waals surface area contributed by atoms with Crippen molar-refractivity contribution in [2.75, 3.05) is 32.2 Å². The molecule has 0 atom stereocenters. The normalized spacial score (nSPS) is 15.4. The highest BCUT2D eigenvalue weighted by atomic mass is 16.7. The van der Waals surface area contributed by atoms with Crippen LogP contribution in [0.5, 0.6) is 5.75 Å². The Morgan fingerprint density at radius 3 is 1.82 bits per heavy atom. The van der Waals surface area contributed by atoms with Crippen LogP contribution in [-0.2, 0) is 22.3 Å². The van der Waals surface area contributed by atoms with Gasteiger partial charge in [0.1, 0.15) is 5.75 Å². The molecular formula is C30H39NO3. The first-order valence-electron chi connectivity index (χ1n) is 12.4. The van der Waals surface area contributed by atoms with Crippen molar-refractivity contribution in [3.05, 3.63) is 96.1 Å². The number of benzene rings is 3. The minimum atomic E-state index is -0.0482. The second kappa shape index (κ2) is 14.4. The number of hydrogen-bond donors (Lipinski definition) is 1. The Hall–Kier alpha value is -2.82. The number of phenolic OH excluding ortho intramolecular Hbond substituents is 1. The summed E-state index contributed by atoms with van der Waals surface area (Å²) in [6.45, 7) is 2.16. The number of nitrogens with zero attached hydrogens (tertiary/aromatic N) is 1. The molecule has 34 heavy (non-hydrogen) atoms. The summed E-state index contributed by atoms with van der Waals surface area (Å²) in [7, 11) is 3.44. The van der Waals surface area contributed by atoms with E-state index >= 15 is 0 Å². The Kier molecular flexibility index (Phi) is 11.0. The van der Waals surface area contributed by atoms with Crippen molar-refractivity contribution in [2.45, 2.75) is 44.8 Å². The summed E-state index contributed by atoms with van der Waals surface area (Å²) in [6.07, 6.45) is 7.11. The van der Waals surface area contributed by atoms with E-state index in [4.69, 9.17) is 9.47 Å². The summed E-state index contributed by atoms with van der Waals surface area (Å²) in [4.78, 5) is 2.43. The molecular weight excluding hydrogens is 422 g/mol. The number of fused-ring (bicyclic) bond motifs is 1. The molecule has 1 heterocycles. The first-order chi connectivity index (χ1) is 16.7. The topological polar surface area (TPSA) is 41.9 Å². The van der Waals surface area contributed by atoms with Crippen LogP contribution in [0.15, 0.2) is 84.9 Å². The highest BCUT2D eigenvalue weighted by Gasteiger charge is 2.26. The van der Waals surface area contributed by atoms with Gasteiger partial charge in [0.2, 0.25) is 0 Å². The Morgan fingerprint density at radius 1 is 0.735 bits per heavy atom. The number of aryl methyl sites for hydroxylation is 2. The van der Waals surface area contributed by atoms with Crippen LogP contribution >= 0.6 is 0 Å². The molecule has 1 fully saturated rings. The number of rotatable bonds is 4. The fourth-order valence-corrected chi connectivity index (χ4v) is 4.65.